The lowest BCUT2D eigenvalue weighted by molar-refractivity contribution is -0.0653. The summed E-state index contributed by atoms with van der Waals surface area (Å²) in [5.41, 5.74) is 4.44. The maximum Gasteiger partial charge on any atom is 0.150 e. The summed E-state index contributed by atoms with van der Waals surface area (Å²) >= 11 is 0. The number of fused-ring (bicyclic) bond motifs is 1. The molecule has 1 aromatic heterocycles. The van der Waals surface area contributed by atoms with Gasteiger partial charge in [0, 0.05) is 31.1 Å². The molecule has 5 atom stereocenters. The molecule has 0 aliphatic carbocycles. The maximum atomic E-state index is 15.2. The van der Waals surface area contributed by atoms with E-state index in [1.54, 1.807) is 0 Å². The molecule has 6 rings (SSSR count). The second-order valence-electron chi connectivity index (χ2n) is 11.6. The van der Waals surface area contributed by atoms with Gasteiger partial charge in [-0.3, -0.25) is 0 Å². The highest BCUT2D eigenvalue weighted by Gasteiger charge is 2.44. The predicted octanol–water partition coefficient (Wildman–Crippen LogP) is 6.50. The van der Waals surface area contributed by atoms with Crippen molar-refractivity contribution in [3.05, 3.63) is 77.4 Å². The van der Waals surface area contributed by atoms with E-state index in [0.29, 0.717) is 49.6 Å². The first-order chi connectivity index (χ1) is 21.0. The Morgan fingerprint density at radius 3 is 2.44 bits per heavy atom. The Hall–Kier alpha value is -3.30. The zero-order valence-electron chi connectivity index (χ0n) is 24.8. The van der Waals surface area contributed by atoms with E-state index in [0.717, 1.165) is 54.1 Å². The lowest BCUT2D eigenvalue weighted by Gasteiger charge is -2.24. The number of benzene rings is 2. The van der Waals surface area contributed by atoms with E-state index in [1.165, 1.54) is 6.07 Å². The van der Waals surface area contributed by atoms with Gasteiger partial charge < -0.3 is 28.8 Å². The van der Waals surface area contributed by atoms with Gasteiger partial charge in [-0.15, -0.1) is 0 Å². The van der Waals surface area contributed by atoms with Crippen molar-refractivity contribution in [3.8, 4) is 28.1 Å². The number of hydrogen-bond donors (Lipinski definition) is 1. The van der Waals surface area contributed by atoms with Gasteiger partial charge in [0.25, 0.3) is 0 Å². The molecule has 0 radical (unpaired) electrons. The van der Waals surface area contributed by atoms with Crippen LogP contribution in [0.2, 0.25) is 0 Å². The molecule has 0 unspecified atom stereocenters. The number of rotatable bonds is 9. The highest BCUT2D eigenvalue weighted by molar-refractivity contribution is 5.70. The van der Waals surface area contributed by atoms with Crippen LogP contribution in [-0.2, 0) is 18.9 Å². The van der Waals surface area contributed by atoms with Crippen LogP contribution in [0.25, 0.3) is 28.5 Å². The first-order valence-corrected chi connectivity index (χ1v) is 15.4. The van der Waals surface area contributed by atoms with Crippen LogP contribution >= 0.6 is 0 Å². The molecule has 8 heteroatoms. The van der Waals surface area contributed by atoms with Crippen LogP contribution in [0.3, 0.4) is 0 Å². The molecular weight excluding hydrogens is 549 g/mol. The quantitative estimate of drug-likeness (QED) is 0.286. The van der Waals surface area contributed by atoms with Crippen LogP contribution in [0.1, 0.15) is 50.3 Å². The molecule has 2 aromatic carbocycles. The molecule has 7 nitrogen and oxygen atoms in total. The van der Waals surface area contributed by atoms with Crippen LogP contribution < -0.4 is 4.74 Å². The second kappa shape index (κ2) is 13.6. The molecule has 0 spiro atoms. The monoisotopic (exact) mass is 589 g/mol. The number of nitrogens with zero attached hydrogens (tertiary/aromatic N) is 1. The van der Waals surface area contributed by atoms with Gasteiger partial charge in [0.15, 0.2) is 6.10 Å². The third-order valence-electron chi connectivity index (χ3n) is 8.32. The summed E-state index contributed by atoms with van der Waals surface area (Å²) in [5, 5.41) is 10.5. The van der Waals surface area contributed by atoms with Gasteiger partial charge in [-0.2, -0.15) is 0 Å². The first kappa shape index (κ1) is 29.8. The van der Waals surface area contributed by atoms with Crippen LogP contribution in [-0.4, -0.2) is 67.0 Å². The fourth-order valence-electron chi connectivity index (χ4n) is 5.96. The van der Waals surface area contributed by atoms with Crippen molar-refractivity contribution in [1.29, 1.82) is 0 Å². The van der Waals surface area contributed by atoms with Gasteiger partial charge in [-0.05, 0) is 61.1 Å². The van der Waals surface area contributed by atoms with Gasteiger partial charge in [-0.25, -0.2) is 9.37 Å². The Morgan fingerprint density at radius 1 is 0.977 bits per heavy atom. The summed E-state index contributed by atoms with van der Waals surface area (Å²) in [6, 6.07) is 17.3. The molecule has 3 aliphatic rings. The molecule has 4 heterocycles. The number of aliphatic hydroxyl groups is 1. The van der Waals surface area contributed by atoms with E-state index in [-0.39, 0.29) is 30.2 Å². The zero-order valence-corrected chi connectivity index (χ0v) is 24.8. The number of ether oxygens (including phenoxy) is 5. The third-order valence-corrected chi connectivity index (χ3v) is 8.32. The number of allylic oxidation sites excluding steroid dienone is 1. The predicted molar refractivity (Wildman–Crippen MR) is 162 cm³/mol. The number of aromatic nitrogens is 1. The number of pyridine rings is 1. The average molecular weight is 590 g/mol. The highest BCUT2D eigenvalue weighted by Crippen LogP contribution is 2.32. The fraction of sp³-hybridized carbons (Fsp3) is 0.457. The normalized spacial score (nSPS) is 25.8. The minimum atomic E-state index is -0.555. The van der Waals surface area contributed by atoms with Crippen LogP contribution in [0.4, 0.5) is 4.39 Å². The van der Waals surface area contributed by atoms with Gasteiger partial charge in [-0.1, -0.05) is 43.3 Å². The van der Waals surface area contributed by atoms with Crippen molar-refractivity contribution in [3.63, 3.8) is 0 Å². The Balaban J connectivity index is 1.19. The molecule has 1 N–H and O–H groups in total. The summed E-state index contributed by atoms with van der Waals surface area (Å²) in [6.07, 6.45) is 4.36. The first-order valence-electron chi connectivity index (χ1n) is 15.4. The number of aryl methyl sites for hydroxylation is 1. The Bertz CT molecular complexity index is 1400. The topological polar surface area (TPSA) is 79.3 Å². The minimum absolute atomic E-state index is 0.111. The van der Waals surface area contributed by atoms with Gasteiger partial charge in [0.05, 0.1) is 37.4 Å². The Morgan fingerprint density at radius 2 is 1.72 bits per heavy atom. The number of hydrogen-bond acceptors (Lipinski definition) is 7. The molecule has 0 amide bonds. The van der Waals surface area contributed by atoms with Crippen molar-refractivity contribution in [1.82, 2.24) is 4.98 Å². The molecule has 0 bridgehead atoms. The molecule has 228 valence electrons. The number of halogens is 1. The average Bonchev–Trinajstić information content (AvgIpc) is 3.63. The molecule has 0 saturated carbocycles. The lowest BCUT2D eigenvalue weighted by Crippen LogP contribution is -2.39. The minimum Gasteiger partial charge on any atom is -0.489 e. The fourth-order valence-corrected chi connectivity index (χ4v) is 5.96. The summed E-state index contributed by atoms with van der Waals surface area (Å²) < 4.78 is 44.9. The Kier molecular flexibility index (Phi) is 9.38. The summed E-state index contributed by atoms with van der Waals surface area (Å²) in [7, 11) is 0. The molecule has 3 aromatic rings. The van der Waals surface area contributed by atoms with Crippen molar-refractivity contribution < 1.29 is 33.2 Å². The molecule has 3 aliphatic heterocycles. The highest BCUT2D eigenvalue weighted by atomic mass is 19.1. The molecule has 43 heavy (non-hydrogen) atoms. The van der Waals surface area contributed by atoms with E-state index in [9.17, 15) is 5.11 Å². The van der Waals surface area contributed by atoms with Crippen molar-refractivity contribution in [2.45, 2.75) is 76.5 Å². The van der Waals surface area contributed by atoms with Crippen molar-refractivity contribution in [2.24, 2.45) is 0 Å². The van der Waals surface area contributed by atoms with Crippen LogP contribution in [0.15, 0.2) is 60.4 Å². The number of aliphatic hydroxyl groups excluding tert-OH is 1. The van der Waals surface area contributed by atoms with Crippen LogP contribution in [0, 0.1) is 12.7 Å². The summed E-state index contributed by atoms with van der Waals surface area (Å²) in [4.78, 5) is 4.75. The zero-order chi connectivity index (χ0) is 29.8. The third kappa shape index (κ3) is 6.93. The van der Waals surface area contributed by atoms with Gasteiger partial charge in [0.1, 0.15) is 35.6 Å². The van der Waals surface area contributed by atoms with Crippen molar-refractivity contribution in [2.75, 3.05) is 26.4 Å². The van der Waals surface area contributed by atoms with E-state index < -0.39 is 6.10 Å². The molecular formula is C35H40FNO6. The van der Waals surface area contributed by atoms with E-state index in [4.69, 9.17) is 28.7 Å². The second-order valence-corrected chi connectivity index (χ2v) is 11.6. The van der Waals surface area contributed by atoms with Gasteiger partial charge >= 0.3 is 0 Å². The van der Waals surface area contributed by atoms with E-state index in [1.807, 2.05) is 61.5 Å². The van der Waals surface area contributed by atoms with Crippen molar-refractivity contribution >= 4 is 6.08 Å². The summed E-state index contributed by atoms with van der Waals surface area (Å²) in [6.45, 7) is 6.24. The maximum absolute atomic E-state index is 15.2. The Labute approximate surface area is 252 Å². The van der Waals surface area contributed by atoms with E-state index in [2.05, 4.69) is 6.92 Å². The molecule has 3 saturated heterocycles. The SMILES string of the molecule is CCC/C(=C\c1nc(-c2ccc(-c3ccc(O[C@H]4CCOC4)cc3)cc2)c(F)cc1C)O[C@@H]1CO[C@H]2[C@@H]1OCCC[C@H]2O. The molecule has 3 fully saturated rings. The largest absolute Gasteiger partial charge is 0.489 e. The van der Waals surface area contributed by atoms with Gasteiger partial charge in [0.2, 0.25) is 0 Å². The smallest absolute Gasteiger partial charge is 0.150 e. The lowest BCUT2D eigenvalue weighted by atomic mass is 10.0. The van der Waals surface area contributed by atoms with Crippen LogP contribution in [0.5, 0.6) is 5.75 Å². The van der Waals surface area contributed by atoms with E-state index >= 15 is 4.39 Å². The standard InChI is InChI=1S/C35H40FNO6/c1-3-5-27(43-32-21-41-34-31(38)6-4-16-40-35(32)34)19-30-22(2)18-29(36)33(37-30)25-9-7-23(8-10-25)24-11-13-26(14-12-24)42-28-15-17-39-20-28/h7-14,18-19,28,31-32,34-35,38H,3-6,15-17,20-21H2,1-2H3/b27-19+/t28-,31+,32+,34+,35+/m0/s1. The summed E-state index contributed by atoms with van der Waals surface area (Å²) in [5.74, 6) is 1.20.